The molecule has 23 heavy (non-hydrogen) atoms. The van der Waals surface area contributed by atoms with Crippen molar-refractivity contribution in [2.75, 3.05) is 24.6 Å². The highest BCUT2D eigenvalue weighted by atomic mass is 16.5. The molecule has 0 amide bonds. The summed E-state index contributed by atoms with van der Waals surface area (Å²) >= 11 is 0. The molecule has 1 fully saturated rings. The van der Waals surface area contributed by atoms with Crippen LogP contribution in [0.3, 0.4) is 0 Å². The Bertz CT molecular complexity index is 823. The molecular weight excluding hydrogens is 292 g/mol. The van der Waals surface area contributed by atoms with Gasteiger partial charge in [0.2, 0.25) is 0 Å². The number of hydrogen-bond acceptors (Lipinski definition) is 5. The highest BCUT2D eigenvalue weighted by Crippen LogP contribution is 2.27. The first-order chi connectivity index (χ1) is 11.2. The highest BCUT2D eigenvalue weighted by Gasteiger charge is 2.25. The van der Waals surface area contributed by atoms with Gasteiger partial charge in [-0.15, -0.1) is 0 Å². The van der Waals surface area contributed by atoms with Crippen LogP contribution in [0.1, 0.15) is 24.3 Å². The largest absolute Gasteiger partial charge is 0.370 e. The van der Waals surface area contributed by atoms with E-state index in [0.29, 0.717) is 6.61 Å². The maximum Gasteiger partial charge on any atom is 0.154 e. The number of aromatic nitrogens is 5. The maximum absolute atomic E-state index is 5.95. The fourth-order valence-corrected chi connectivity index (χ4v) is 3.04. The van der Waals surface area contributed by atoms with Gasteiger partial charge in [0.05, 0.1) is 25.0 Å². The number of morpholine rings is 1. The van der Waals surface area contributed by atoms with E-state index in [-0.39, 0.29) is 6.10 Å². The molecule has 4 rings (SSSR count). The molecule has 0 aromatic carbocycles. The van der Waals surface area contributed by atoms with Gasteiger partial charge in [0, 0.05) is 37.2 Å². The second-order valence-corrected chi connectivity index (χ2v) is 5.80. The first-order valence-corrected chi connectivity index (χ1v) is 7.94. The van der Waals surface area contributed by atoms with Gasteiger partial charge in [-0.3, -0.25) is 4.68 Å². The van der Waals surface area contributed by atoms with E-state index >= 15 is 0 Å². The minimum absolute atomic E-state index is 0.0233. The zero-order chi connectivity index (χ0) is 15.8. The Morgan fingerprint density at radius 3 is 3.13 bits per heavy atom. The smallest absolute Gasteiger partial charge is 0.154 e. The minimum atomic E-state index is 0.0233. The Morgan fingerprint density at radius 1 is 1.39 bits per heavy atom. The van der Waals surface area contributed by atoms with Gasteiger partial charge in [-0.05, 0) is 19.9 Å². The fraction of sp³-hybridized carbons (Fsp3) is 0.438. The molecule has 120 valence electrons. The van der Waals surface area contributed by atoms with E-state index in [2.05, 4.69) is 39.3 Å². The van der Waals surface area contributed by atoms with Gasteiger partial charge in [0.1, 0.15) is 11.6 Å². The second kappa shape index (κ2) is 5.66. The number of nitrogens with zero attached hydrogens (tertiary/aromatic N) is 6. The summed E-state index contributed by atoms with van der Waals surface area (Å²) in [6, 6.07) is 2.07. The lowest BCUT2D eigenvalue weighted by atomic mass is 10.1. The van der Waals surface area contributed by atoms with Crippen molar-refractivity contribution in [1.29, 1.82) is 0 Å². The third kappa shape index (κ3) is 2.57. The zero-order valence-corrected chi connectivity index (χ0v) is 13.4. The molecule has 7 heteroatoms. The minimum Gasteiger partial charge on any atom is -0.370 e. The number of aryl methyl sites for hydroxylation is 2. The van der Waals surface area contributed by atoms with Crippen molar-refractivity contribution in [2.24, 2.45) is 0 Å². The second-order valence-electron chi connectivity index (χ2n) is 5.80. The van der Waals surface area contributed by atoms with Crippen LogP contribution < -0.4 is 4.90 Å². The molecule has 0 bridgehead atoms. The SMILES string of the molecule is CCn1cc(C2CN(c3nccn4nc(C)cc34)CCO2)cn1. The van der Waals surface area contributed by atoms with E-state index in [4.69, 9.17) is 4.74 Å². The number of ether oxygens (including phenoxy) is 1. The van der Waals surface area contributed by atoms with Crippen LogP contribution in [-0.4, -0.2) is 44.1 Å². The summed E-state index contributed by atoms with van der Waals surface area (Å²) in [7, 11) is 0. The van der Waals surface area contributed by atoms with Crippen molar-refractivity contribution >= 4 is 11.3 Å². The molecule has 1 saturated heterocycles. The normalized spacial score (nSPS) is 18.7. The summed E-state index contributed by atoms with van der Waals surface area (Å²) in [5, 5.41) is 8.81. The van der Waals surface area contributed by atoms with Crippen molar-refractivity contribution in [3.63, 3.8) is 0 Å². The van der Waals surface area contributed by atoms with Crippen LogP contribution in [0.25, 0.3) is 5.52 Å². The van der Waals surface area contributed by atoms with E-state index in [1.807, 2.05) is 28.5 Å². The molecule has 0 aliphatic carbocycles. The van der Waals surface area contributed by atoms with Crippen molar-refractivity contribution in [1.82, 2.24) is 24.4 Å². The molecule has 1 atom stereocenters. The summed E-state index contributed by atoms with van der Waals surface area (Å²) in [5.74, 6) is 0.962. The number of fused-ring (bicyclic) bond motifs is 1. The number of anilines is 1. The van der Waals surface area contributed by atoms with E-state index in [0.717, 1.165) is 42.2 Å². The Kier molecular flexibility index (Phi) is 3.49. The molecule has 0 N–H and O–H groups in total. The highest BCUT2D eigenvalue weighted by molar-refractivity contribution is 5.69. The van der Waals surface area contributed by atoms with Crippen LogP contribution in [0, 0.1) is 6.92 Å². The molecule has 3 aromatic heterocycles. The Morgan fingerprint density at radius 2 is 2.30 bits per heavy atom. The van der Waals surface area contributed by atoms with Gasteiger partial charge in [-0.25, -0.2) is 9.50 Å². The lowest BCUT2D eigenvalue weighted by Crippen LogP contribution is -2.39. The molecule has 0 spiro atoms. The topological polar surface area (TPSA) is 60.5 Å². The monoisotopic (exact) mass is 312 g/mol. The van der Waals surface area contributed by atoms with Gasteiger partial charge >= 0.3 is 0 Å². The van der Waals surface area contributed by atoms with Gasteiger partial charge in [-0.1, -0.05) is 0 Å². The lowest BCUT2D eigenvalue weighted by molar-refractivity contribution is 0.0395. The summed E-state index contributed by atoms with van der Waals surface area (Å²) in [6.07, 6.45) is 7.67. The average molecular weight is 312 g/mol. The van der Waals surface area contributed by atoms with E-state index in [1.165, 1.54) is 0 Å². The van der Waals surface area contributed by atoms with Gasteiger partial charge < -0.3 is 9.64 Å². The van der Waals surface area contributed by atoms with Gasteiger partial charge in [0.15, 0.2) is 5.82 Å². The molecule has 1 aliphatic heterocycles. The summed E-state index contributed by atoms with van der Waals surface area (Å²) in [4.78, 5) is 6.85. The molecule has 0 radical (unpaired) electrons. The van der Waals surface area contributed by atoms with Crippen LogP contribution in [0.15, 0.2) is 30.9 Å². The quantitative estimate of drug-likeness (QED) is 0.738. The molecule has 0 saturated carbocycles. The Balaban J connectivity index is 1.63. The third-order valence-corrected chi connectivity index (χ3v) is 4.21. The zero-order valence-electron chi connectivity index (χ0n) is 13.4. The number of hydrogen-bond donors (Lipinski definition) is 0. The predicted octanol–water partition coefficient (Wildman–Crippen LogP) is 1.83. The van der Waals surface area contributed by atoms with E-state index < -0.39 is 0 Å². The van der Waals surface area contributed by atoms with E-state index in [1.54, 1.807) is 6.20 Å². The first kappa shape index (κ1) is 14.2. The summed E-state index contributed by atoms with van der Waals surface area (Å²) < 4.78 is 9.76. The molecule has 1 aliphatic rings. The van der Waals surface area contributed by atoms with Crippen molar-refractivity contribution in [3.8, 4) is 0 Å². The first-order valence-electron chi connectivity index (χ1n) is 7.94. The maximum atomic E-state index is 5.95. The van der Waals surface area contributed by atoms with Crippen molar-refractivity contribution in [2.45, 2.75) is 26.5 Å². The third-order valence-electron chi connectivity index (χ3n) is 4.21. The molecular formula is C16H20N6O. The van der Waals surface area contributed by atoms with Gasteiger partial charge in [-0.2, -0.15) is 10.2 Å². The van der Waals surface area contributed by atoms with Crippen LogP contribution in [0.5, 0.6) is 0 Å². The van der Waals surface area contributed by atoms with Crippen LogP contribution in [0.4, 0.5) is 5.82 Å². The molecule has 1 unspecified atom stereocenters. The number of rotatable bonds is 3. The van der Waals surface area contributed by atoms with Crippen LogP contribution in [0.2, 0.25) is 0 Å². The lowest BCUT2D eigenvalue weighted by Gasteiger charge is -2.33. The van der Waals surface area contributed by atoms with Crippen molar-refractivity contribution < 1.29 is 4.74 Å². The van der Waals surface area contributed by atoms with Crippen LogP contribution >= 0.6 is 0 Å². The average Bonchev–Trinajstić information content (AvgIpc) is 3.19. The summed E-state index contributed by atoms with van der Waals surface area (Å²) in [5.41, 5.74) is 3.15. The Hall–Kier alpha value is -2.41. The standard InChI is InChI=1S/C16H20N6O/c1-3-21-10-13(9-18-21)15-11-20(6-7-23-15)16-14-8-12(2)19-22(14)5-4-17-16/h4-5,8-10,15H,3,6-7,11H2,1-2H3. The van der Waals surface area contributed by atoms with Crippen LogP contribution in [-0.2, 0) is 11.3 Å². The fourth-order valence-electron chi connectivity index (χ4n) is 3.04. The molecule has 4 heterocycles. The molecule has 7 nitrogen and oxygen atoms in total. The Labute approximate surface area is 134 Å². The van der Waals surface area contributed by atoms with E-state index in [9.17, 15) is 0 Å². The van der Waals surface area contributed by atoms with Gasteiger partial charge in [0.25, 0.3) is 0 Å². The molecule has 3 aromatic rings. The summed E-state index contributed by atoms with van der Waals surface area (Å²) in [6.45, 7) is 7.22. The van der Waals surface area contributed by atoms with Crippen molar-refractivity contribution in [3.05, 3.63) is 42.1 Å². The predicted molar refractivity (Wildman–Crippen MR) is 86.5 cm³/mol.